The van der Waals surface area contributed by atoms with Gasteiger partial charge >= 0.3 is 5.69 Å². The minimum absolute atomic E-state index is 0.111. The molecule has 0 N–H and O–H groups in total. The molecule has 22 heavy (non-hydrogen) atoms. The lowest BCUT2D eigenvalue weighted by atomic mass is 10.2. The highest BCUT2D eigenvalue weighted by Crippen LogP contribution is 2.34. The summed E-state index contributed by atoms with van der Waals surface area (Å²) < 4.78 is 10.6. The minimum atomic E-state index is -0.548. The second-order valence-electron chi connectivity index (χ2n) is 4.24. The van der Waals surface area contributed by atoms with Crippen molar-refractivity contribution >= 4 is 17.3 Å². The van der Waals surface area contributed by atoms with Gasteiger partial charge in [0.1, 0.15) is 5.75 Å². The van der Waals surface area contributed by atoms with Crippen molar-refractivity contribution in [3.8, 4) is 23.0 Å². The highest BCUT2D eigenvalue weighted by atomic mass is 35.5. The molecule has 3 aromatic rings. The Bertz CT molecular complexity index is 803. The number of halogens is 1. The van der Waals surface area contributed by atoms with Crippen LogP contribution in [0.4, 0.5) is 5.69 Å². The van der Waals surface area contributed by atoms with Crippen LogP contribution in [0, 0.1) is 10.1 Å². The van der Waals surface area contributed by atoms with Crippen LogP contribution in [0.2, 0.25) is 5.02 Å². The van der Waals surface area contributed by atoms with Gasteiger partial charge in [0.25, 0.3) is 0 Å². The van der Waals surface area contributed by atoms with Gasteiger partial charge in [0.05, 0.1) is 4.92 Å². The SMILES string of the molecule is O=[N+]([O-])c1cc(Cl)ccc1Oc1ccc(-c2nnco2)cc1. The molecular formula is C14H8ClN3O4. The van der Waals surface area contributed by atoms with Gasteiger partial charge in [-0.05, 0) is 36.4 Å². The highest BCUT2D eigenvalue weighted by Gasteiger charge is 2.16. The van der Waals surface area contributed by atoms with Gasteiger partial charge in [-0.1, -0.05) is 11.6 Å². The second kappa shape index (κ2) is 5.82. The molecule has 0 saturated carbocycles. The summed E-state index contributed by atoms with van der Waals surface area (Å²) in [6.07, 6.45) is 1.23. The third-order valence-electron chi connectivity index (χ3n) is 2.81. The Morgan fingerprint density at radius 2 is 1.95 bits per heavy atom. The van der Waals surface area contributed by atoms with Crippen LogP contribution in [0.1, 0.15) is 0 Å². The van der Waals surface area contributed by atoms with E-state index in [1.807, 2.05) is 0 Å². The molecule has 2 aromatic carbocycles. The Labute approximate surface area is 129 Å². The van der Waals surface area contributed by atoms with Gasteiger partial charge in [-0.3, -0.25) is 10.1 Å². The van der Waals surface area contributed by atoms with Gasteiger partial charge in [0.15, 0.2) is 0 Å². The maximum atomic E-state index is 11.0. The average Bonchev–Trinajstić information content (AvgIpc) is 3.04. The van der Waals surface area contributed by atoms with Crippen molar-refractivity contribution < 1.29 is 14.1 Å². The molecule has 0 spiro atoms. The van der Waals surface area contributed by atoms with Gasteiger partial charge in [-0.2, -0.15) is 0 Å². The van der Waals surface area contributed by atoms with Crippen LogP contribution in [0.5, 0.6) is 11.5 Å². The van der Waals surface area contributed by atoms with E-state index >= 15 is 0 Å². The van der Waals surface area contributed by atoms with Gasteiger partial charge in [-0.25, -0.2) is 0 Å². The Balaban J connectivity index is 1.86. The van der Waals surface area contributed by atoms with Crippen molar-refractivity contribution in [2.45, 2.75) is 0 Å². The Morgan fingerprint density at radius 1 is 1.18 bits per heavy atom. The van der Waals surface area contributed by atoms with Gasteiger partial charge in [-0.15, -0.1) is 10.2 Å². The van der Waals surface area contributed by atoms with Crippen molar-refractivity contribution in [2.24, 2.45) is 0 Å². The van der Waals surface area contributed by atoms with Crippen LogP contribution in [0.15, 0.2) is 53.3 Å². The largest absolute Gasteiger partial charge is 0.450 e. The van der Waals surface area contributed by atoms with Crippen LogP contribution < -0.4 is 4.74 Å². The first-order chi connectivity index (χ1) is 10.6. The number of benzene rings is 2. The lowest BCUT2D eigenvalue weighted by molar-refractivity contribution is -0.385. The molecule has 0 saturated heterocycles. The first-order valence-corrected chi connectivity index (χ1v) is 6.49. The molecule has 0 fully saturated rings. The van der Waals surface area contributed by atoms with Crippen LogP contribution >= 0.6 is 11.6 Å². The second-order valence-corrected chi connectivity index (χ2v) is 4.68. The van der Waals surface area contributed by atoms with E-state index < -0.39 is 4.92 Å². The summed E-state index contributed by atoms with van der Waals surface area (Å²) in [5, 5.41) is 18.7. The first kappa shape index (κ1) is 14.0. The van der Waals surface area contributed by atoms with Crippen LogP contribution in [0.3, 0.4) is 0 Å². The van der Waals surface area contributed by atoms with Gasteiger partial charge in [0, 0.05) is 16.7 Å². The van der Waals surface area contributed by atoms with Crippen LogP contribution in [-0.4, -0.2) is 15.1 Å². The quantitative estimate of drug-likeness (QED) is 0.531. The van der Waals surface area contributed by atoms with E-state index in [9.17, 15) is 10.1 Å². The number of nitro benzene ring substituents is 1. The monoisotopic (exact) mass is 317 g/mol. The zero-order valence-electron chi connectivity index (χ0n) is 11.0. The Hall–Kier alpha value is -2.93. The third-order valence-corrected chi connectivity index (χ3v) is 3.04. The summed E-state index contributed by atoms with van der Waals surface area (Å²) in [6.45, 7) is 0. The zero-order chi connectivity index (χ0) is 15.5. The summed E-state index contributed by atoms with van der Waals surface area (Å²) in [7, 11) is 0. The molecule has 0 atom stereocenters. The molecular weight excluding hydrogens is 310 g/mol. The first-order valence-electron chi connectivity index (χ1n) is 6.12. The minimum Gasteiger partial charge on any atom is -0.450 e. The van der Waals surface area contributed by atoms with Crippen molar-refractivity contribution in [1.29, 1.82) is 0 Å². The predicted molar refractivity (Wildman–Crippen MR) is 77.9 cm³/mol. The number of nitro groups is 1. The normalized spacial score (nSPS) is 10.4. The number of nitrogens with zero attached hydrogens (tertiary/aromatic N) is 3. The number of hydrogen-bond donors (Lipinski definition) is 0. The number of rotatable bonds is 4. The maximum absolute atomic E-state index is 11.0. The van der Waals surface area contributed by atoms with Crippen LogP contribution in [0.25, 0.3) is 11.5 Å². The Kier molecular flexibility index (Phi) is 3.71. The number of ether oxygens (including phenoxy) is 1. The lowest BCUT2D eigenvalue weighted by Crippen LogP contribution is -1.93. The summed E-state index contributed by atoms with van der Waals surface area (Å²) in [6, 6.07) is 10.9. The van der Waals surface area contributed by atoms with E-state index in [-0.39, 0.29) is 16.5 Å². The molecule has 0 aliphatic carbocycles. The van der Waals surface area contributed by atoms with E-state index in [0.29, 0.717) is 11.6 Å². The average molecular weight is 318 g/mol. The molecule has 110 valence electrons. The molecule has 0 aliphatic heterocycles. The van der Waals surface area contributed by atoms with E-state index in [2.05, 4.69) is 10.2 Å². The highest BCUT2D eigenvalue weighted by molar-refractivity contribution is 6.30. The fraction of sp³-hybridized carbons (Fsp3) is 0. The molecule has 0 bridgehead atoms. The van der Waals surface area contributed by atoms with E-state index in [4.69, 9.17) is 20.8 Å². The van der Waals surface area contributed by atoms with Gasteiger partial charge in [0.2, 0.25) is 18.0 Å². The molecule has 3 rings (SSSR count). The summed E-state index contributed by atoms with van der Waals surface area (Å²) >= 11 is 5.76. The lowest BCUT2D eigenvalue weighted by Gasteiger charge is -2.06. The summed E-state index contributed by atoms with van der Waals surface area (Å²) in [5.41, 5.74) is 0.518. The molecule has 8 heteroatoms. The van der Waals surface area contributed by atoms with E-state index in [1.54, 1.807) is 24.3 Å². The standard InChI is InChI=1S/C14H8ClN3O4/c15-10-3-6-13(12(7-10)18(19)20)22-11-4-1-9(2-5-11)14-17-16-8-21-14/h1-8H. The Morgan fingerprint density at radius 3 is 2.59 bits per heavy atom. The topological polar surface area (TPSA) is 91.3 Å². The van der Waals surface area contributed by atoms with Gasteiger partial charge < -0.3 is 9.15 Å². The molecule has 0 aliphatic rings. The third kappa shape index (κ3) is 2.89. The van der Waals surface area contributed by atoms with Crippen molar-refractivity contribution in [3.63, 3.8) is 0 Å². The molecule has 7 nitrogen and oxygen atoms in total. The van der Waals surface area contributed by atoms with Crippen molar-refractivity contribution in [3.05, 3.63) is 64.0 Å². The maximum Gasteiger partial charge on any atom is 0.313 e. The van der Waals surface area contributed by atoms with Crippen LogP contribution in [-0.2, 0) is 0 Å². The zero-order valence-corrected chi connectivity index (χ0v) is 11.7. The van der Waals surface area contributed by atoms with Crippen molar-refractivity contribution in [2.75, 3.05) is 0 Å². The molecule has 0 unspecified atom stereocenters. The van der Waals surface area contributed by atoms with E-state index in [1.165, 1.54) is 24.6 Å². The molecule has 1 heterocycles. The fourth-order valence-corrected chi connectivity index (χ4v) is 1.98. The number of aromatic nitrogens is 2. The molecule has 0 amide bonds. The number of hydrogen-bond acceptors (Lipinski definition) is 6. The summed E-state index contributed by atoms with van der Waals surface area (Å²) in [5.74, 6) is 0.928. The van der Waals surface area contributed by atoms with E-state index in [0.717, 1.165) is 5.56 Å². The smallest absolute Gasteiger partial charge is 0.313 e. The summed E-state index contributed by atoms with van der Waals surface area (Å²) in [4.78, 5) is 10.5. The molecule has 1 aromatic heterocycles. The fourth-order valence-electron chi connectivity index (χ4n) is 1.81. The predicted octanol–water partition coefficient (Wildman–Crippen LogP) is 4.09. The van der Waals surface area contributed by atoms with Crippen molar-refractivity contribution in [1.82, 2.24) is 10.2 Å². The molecule has 0 radical (unpaired) electrons.